The maximum Gasteiger partial charge on any atom is 0.348 e. The summed E-state index contributed by atoms with van der Waals surface area (Å²) < 4.78 is 10.1. The van der Waals surface area contributed by atoms with Crippen molar-refractivity contribution < 1.29 is 29.0 Å². The van der Waals surface area contributed by atoms with Crippen LogP contribution < -0.4 is 9.47 Å². The lowest BCUT2D eigenvalue weighted by molar-refractivity contribution is -0.757. The van der Waals surface area contributed by atoms with Crippen molar-refractivity contribution in [2.45, 2.75) is 13.3 Å². The Balaban J connectivity index is 2.08. The van der Waals surface area contributed by atoms with E-state index in [4.69, 9.17) is 9.47 Å². The first-order valence-corrected chi connectivity index (χ1v) is 7.18. The summed E-state index contributed by atoms with van der Waals surface area (Å²) in [6.45, 7) is 1.06. The summed E-state index contributed by atoms with van der Waals surface area (Å²) in [7, 11) is 0. The van der Waals surface area contributed by atoms with Gasteiger partial charge in [-0.05, 0) is 18.2 Å². The van der Waals surface area contributed by atoms with Gasteiger partial charge in [-0.25, -0.2) is 9.78 Å². The number of carbonyl (C=O) groups excluding carboxylic acids is 2. The monoisotopic (exact) mass is 346 g/mol. The third-order valence-electron chi connectivity index (χ3n) is 2.89. The SMILES string of the molecule is CC(=O)Oc1ccccc1C(=O)Oc1cccc(CCO[N+](=O)[O-])n1. The van der Waals surface area contributed by atoms with Crippen molar-refractivity contribution in [2.24, 2.45) is 0 Å². The first-order chi connectivity index (χ1) is 12.0. The van der Waals surface area contributed by atoms with Crippen LogP contribution >= 0.6 is 0 Å². The summed E-state index contributed by atoms with van der Waals surface area (Å²) in [6, 6.07) is 10.8. The molecule has 0 N–H and O–H groups in total. The van der Waals surface area contributed by atoms with Crippen LogP contribution in [0.2, 0.25) is 0 Å². The highest BCUT2D eigenvalue weighted by molar-refractivity contribution is 5.94. The molecule has 0 saturated heterocycles. The van der Waals surface area contributed by atoms with Crippen LogP contribution in [-0.2, 0) is 16.1 Å². The minimum Gasteiger partial charge on any atom is -0.426 e. The lowest BCUT2D eigenvalue weighted by Gasteiger charge is -2.09. The van der Waals surface area contributed by atoms with E-state index in [1.807, 2.05) is 0 Å². The summed E-state index contributed by atoms with van der Waals surface area (Å²) in [4.78, 5) is 41.8. The van der Waals surface area contributed by atoms with E-state index in [-0.39, 0.29) is 30.2 Å². The third kappa shape index (κ3) is 5.57. The number of esters is 2. The highest BCUT2D eigenvalue weighted by atomic mass is 16.9. The van der Waals surface area contributed by atoms with Crippen LogP contribution in [0, 0.1) is 10.1 Å². The Morgan fingerprint density at radius 3 is 2.60 bits per heavy atom. The van der Waals surface area contributed by atoms with E-state index in [0.29, 0.717) is 5.69 Å². The molecule has 0 aliphatic heterocycles. The van der Waals surface area contributed by atoms with Crippen molar-refractivity contribution in [3.63, 3.8) is 0 Å². The van der Waals surface area contributed by atoms with Gasteiger partial charge in [-0.2, -0.15) is 0 Å². The van der Waals surface area contributed by atoms with Gasteiger partial charge in [0.15, 0.2) is 0 Å². The van der Waals surface area contributed by atoms with Crippen LogP contribution in [0.4, 0.5) is 0 Å². The summed E-state index contributed by atoms with van der Waals surface area (Å²) >= 11 is 0. The Kier molecular flexibility index (Phi) is 5.99. The normalized spacial score (nSPS) is 9.96. The van der Waals surface area contributed by atoms with E-state index in [1.165, 1.54) is 25.1 Å². The molecule has 25 heavy (non-hydrogen) atoms. The molecule has 9 nitrogen and oxygen atoms in total. The van der Waals surface area contributed by atoms with Crippen LogP contribution in [0.1, 0.15) is 23.0 Å². The summed E-state index contributed by atoms with van der Waals surface area (Å²) in [6.07, 6.45) is 0.177. The van der Waals surface area contributed by atoms with Gasteiger partial charge >= 0.3 is 11.9 Å². The Labute approximate surface area is 142 Å². The number of para-hydroxylation sites is 1. The van der Waals surface area contributed by atoms with Crippen molar-refractivity contribution in [3.8, 4) is 11.6 Å². The van der Waals surface area contributed by atoms with Gasteiger partial charge in [-0.15, -0.1) is 10.1 Å². The Bertz CT molecular complexity index is 792. The fraction of sp³-hybridized carbons (Fsp3) is 0.188. The second-order valence-electron chi connectivity index (χ2n) is 4.75. The maximum atomic E-state index is 12.3. The highest BCUT2D eigenvalue weighted by Crippen LogP contribution is 2.20. The van der Waals surface area contributed by atoms with Gasteiger partial charge < -0.3 is 14.3 Å². The van der Waals surface area contributed by atoms with E-state index in [0.717, 1.165) is 0 Å². The predicted molar refractivity (Wildman–Crippen MR) is 83.6 cm³/mol. The molecule has 2 rings (SSSR count). The molecule has 0 aliphatic rings. The van der Waals surface area contributed by atoms with Gasteiger partial charge in [-0.3, -0.25) is 4.79 Å². The van der Waals surface area contributed by atoms with Crippen molar-refractivity contribution in [1.29, 1.82) is 0 Å². The largest absolute Gasteiger partial charge is 0.426 e. The number of benzene rings is 1. The minimum atomic E-state index is -0.893. The van der Waals surface area contributed by atoms with E-state index in [1.54, 1.807) is 24.3 Å². The minimum absolute atomic E-state index is 0.0150. The van der Waals surface area contributed by atoms with Crippen LogP contribution in [-0.4, -0.2) is 28.6 Å². The molecule has 9 heteroatoms. The molecule has 130 valence electrons. The van der Waals surface area contributed by atoms with Crippen molar-refractivity contribution in [3.05, 3.63) is 63.8 Å². The number of ether oxygens (including phenoxy) is 2. The third-order valence-corrected chi connectivity index (χ3v) is 2.89. The molecule has 0 bridgehead atoms. The van der Waals surface area contributed by atoms with Gasteiger partial charge in [0, 0.05) is 25.1 Å². The zero-order chi connectivity index (χ0) is 18.2. The van der Waals surface area contributed by atoms with Crippen molar-refractivity contribution in [2.75, 3.05) is 6.61 Å². The average molecular weight is 346 g/mol. The first kappa shape index (κ1) is 17.9. The number of hydrogen-bond acceptors (Lipinski definition) is 8. The Morgan fingerprint density at radius 2 is 1.88 bits per heavy atom. The summed E-state index contributed by atoms with van der Waals surface area (Å²) in [5.41, 5.74) is 0.530. The number of nitrogens with zero attached hydrogens (tertiary/aromatic N) is 2. The van der Waals surface area contributed by atoms with Crippen LogP contribution in [0.5, 0.6) is 11.6 Å². The standard InChI is InChI=1S/C16H14N2O7/c1-11(19)24-14-7-3-2-6-13(14)16(20)25-15-8-4-5-12(17-15)9-10-23-18(21)22/h2-8H,9-10H2,1H3. The van der Waals surface area contributed by atoms with E-state index >= 15 is 0 Å². The zero-order valence-electron chi connectivity index (χ0n) is 13.2. The first-order valence-electron chi connectivity index (χ1n) is 7.18. The molecule has 0 atom stereocenters. The maximum absolute atomic E-state index is 12.3. The van der Waals surface area contributed by atoms with Crippen molar-refractivity contribution in [1.82, 2.24) is 4.98 Å². The molecule has 0 spiro atoms. The molecule has 0 fully saturated rings. The Hall–Kier alpha value is -3.49. The lowest BCUT2D eigenvalue weighted by Crippen LogP contribution is -2.13. The second-order valence-corrected chi connectivity index (χ2v) is 4.75. The zero-order valence-corrected chi connectivity index (χ0v) is 13.2. The van der Waals surface area contributed by atoms with Gasteiger partial charge in [0.1, 0.15) is 17.9 Å². The molecular formula is C16H14N2O7. The van der Waals surface area contributed by atoms with Gasteiger partial charge in [-0.1, -0.05) is 18.2 Å². The molecule has 0 amide bonds. The van der Waals surface area contributed by atoms with Crippen LogP contribution in [0.25, 0.3) is 0 Å². The van der Waals surface area contributed by atoms with Crippen LogP contribution in [0.15, 0.2) is 42.5 Å². The molecule has 0 saturated carbocycles. The summed E-state index contributed by atoms with van der Waals surface area (Å²) in [5.74, 6) is -1.22. The fourth-order valence-corrected chi connectivity index (χ4v) is 1.91. The molecule has 1 aromatic heterocycles. The smallest absolute Gasteiger partial charge is 0.348 e. The van der Waals surface area contributed by atoms with Crippen molar-refractivity contribution >= 4 is 11.9 Å². The number of aromatic nitrogens is 1. The number of pyridine rings is 1. The average Bonchev–Trinajstić information content (AvgIpc) is 2.54. The second kappa shape index (κ2) is 8.39. The number of hydrogen-bond donors (Lipinski definition) is 0. The number of carbonyl (C=O) groups is 2. The molecule has 1 heterocycles. The molecule has 2 aromatic rings. The Morgan fingerprint density at radius 1 is 1.12 bits per heavy atom. The topological polar surface area (TPSA) is 118 Å². The molecule has 0 aliphatic carbocycles. The van der Waals surface area contributed by atoms with Gasteiger partial charge in [0.2, 0.25) is 5.88 Å². The van der Waals surface area contributed by atoms with E-state index in [2.05, 4.69) is 9.82 Å². The molecular weight excluding hydrogens is 332 g/mol. The number of rotatable bonds is 7. The quantitative estimate of drug-likeness (QED) is 0.323. The molecule has 0 radical (unpaired) electrons. The molecule has 1 aromatic carbocycles. The fourth-order valence-electron chi connectivity index (χ4n) is 1.91. The summed E-state index contributed by atoms with van der Waals surface area (Å²) in [5, 5.41) is 9.23. The molecule has 0 unspecified atom stereocenters. The van der Waals surface area contributed by atoms with Gasteiger partial charge in [0.25, 0.3) is 5.09 Å². The predicted octanol–water partition coefficient (Wildman–Crippen LogP) is 1.98. The lowest BCUT2D eigenvalue weighted by atomic mass is 10.2. The van der Waals surface area contributed by atoms with Crippen LogP contribution in [0.3, 0.4) is 0 Å². The van der Waals surface area contributed by atoms with E-state index in [9.17, 15) is 19.7 Å². The highest BCUT2D eigenvalue weighted by Gasteiger charge is 2.16. The van der Waals surface area contributed by atoms with Gasteiger partial charge in [0.05, 0.1) is 0 Å². The van der Waals surface area contributed by atoms with E-state index < -0.39 is 17.0 Å².